The molecule has 1 atom stereocenters. The molecule has 0 heterocycles. The molecule has 0 radical (unpaired) electrons. The predicted octanol–water partition coefficient (Wildman–Crippen LogP) is 2.37. The second-order valence-corrected chi connectivity index (χ2v) is 4.74. The van der Waals surface area contributed by atoms with E-state index in [4.69, 9.17) is 0 Å². The maximum absolute atomic E-state index is 11.3. The van der Waals surface area contributed by atoms with Gasteiger partial charge < -0.3 is 10.6 Å². The number of carbonyl (C=O) groups is 2. The van der Waals surface area contributed by atoms with E-state index >= 15 is 0 Å². The van der Waals surface area contributed by atoms with E-state index in [1.165, 1.54) is 6.92 Å². The van der Waals surface area contributed by atoms with E-state index in [1.54, 1.807) is 31.2 Å². The summed E-state index contributed by atoms with van der Waals surface area (Å²) >= 11 is 3.18. The molecule has 5 heteroatoms. The Labute approximate surface area is 103 Å². The highest BCUT2D eigenvalue weighted by Crippen LogP contribution is 2.14. The van der Waals surface area contributed by atoms with Crippen LogP contribution in [0.15, 0.2) is 24.3 Å². The molecule has 0 aliphatic rings. The quantitative estimate of drug-likeness (QED) is 0.838. The van der Waals surface area contributed by atoms with Crippen LogP contribution >= 0.6 is 15.9 Å². The van der Waals surface area contributed by atoms with Crippen LogP contribution in [0, 0.1) is 0 Å². The molecule has 4 nitrogen and oxygen atoms in total. The second kappa shape index (κ2) is 5.65. The molecule has 86 valence electrons. The number of benzene rings is 1. The summed E-state index contributed by atoms with van der Waals surface area (Å²) in [5.41, 5.74) is 1.41. The van der Waals surface area contributed by atoms with Crippen molar-refractivity contribution in [3.8, 4) is 0 Å². The van der Waals surface area contributed by atoms with Gasteiger partial charge in [0, 0.05) is 18.3 Å². The molecule has 0 unspecified atom stereocenters. The van der Waals surface area contributed by atoms with Gasteiger partial charge in [-0.3, -0.25) is 9.59 Å². The van der Waals surface area contributed by atoms with Gasteiger partial charge in [-0.15, -0.1) is 0 Å². The van der Waals surface area contributed by atoms with Crippen molar-refractivity contribution >= 4 is 39.1 Å². The molecule has 2 amide bonds. The highest BCUT2D eigenvalue weighted by atomic mass is 79.9. The molecule has 16 heavy (non-hydrogen) atoms. The van der Waals surface area contributed by atoms with Gasteiger partial charge in [-0.25, -0.2) is 0 Å². The van der Waals surface area contributed by atoms with Crippen LogP contribution in [0.1, 0.15) is 13.8 Å². The van der Waals surface area contributed by atoms with Crippen molar-refractivity contribution in [2.75, 3.05) is 10.6 Å². The smallest absolute Gasteiger partial charge is 0.237 e. The molecule has 0 fully saturated rings. The molecule has 0 aliphatic carbocycles. The van der Waals surface area contributed by atoms with E-state index in [1.807, 2.05) is 0 Å². The first-order valence-corrected chi connectivity index (χ1v) is 5.73. The topological polar surface area (TPSA) is 58.2 Å². The van der Waals surface area contributed by atoms with Crippen LogP contribution in [0.5, 0.6) is 0 Å². The van der Waals surface area contributed by atoms with Crippen molar-refractivity contribution in [3.05, 3.63) is 24.3 Å². The number of amides is 2. The number of carbonyl (C=O) groups excluding carboxylic acids is 2. The Morgan fingerprint density at radius 2 is 1.56 bits per heavy atom. The summed E-state index contributed by atoms with van der Waals surface area (Å²) in [6, 6.07) is 6.93. The molecule has 1 rings (SSSR count). The van der Waals surface area contributed by atoms with Crippen LogP contribution in [-0.2, 0) is 9.59 Å². The normalized spacial score (nSPS) is 11.7. The molecule has 2 N–H and O–H groups in total. The third kappa shape index (κ3) is 4.02. The first kappa shape index (κ1) is 12.7. The van der Waals surface area contributed by atoms with Gasteiger partial charge in [0.2, 0.25) is 11.8 Å². The third-order valence-corrected chi connectivity index (χ3v) is 2.25. The van der Waals surface area contributed by atoms with Crippen molar-refractivity contribution in [2.24, 2.45) is 0 Å². The molecule has 0 saturated heterocycles. The Morgan fingerprint density at radius 3 is 1.94 bits per heavy atom. The average molecular weight is 285 g/mol. The fourth-order valence-corrected chi connectivity index (χ4v) is 1.20. The lowest BCUT2D eigenvalue weighted by molar-refractivity contribution is -0.115. The summed E-state index contributed by atoms with van der Waals surface area (Å²) in [6.45, 7) is 3.20. The Balaban J connectivity index is 2.64. The van der Waals surface area contributed by atoms with Gasteiger partial charge in [-0.1, -0.05) is 15.9 Å². The highest BCUT2D eigenvalue weighted by molar-refractivity contribution is 9.10. The first-order valence-electron chi connectivity index (χ1n) is 4.81. The molecule has 0 aliphatic heterocycles. The summed E-state index contributed by atoms with van der Waals surface area (Å²) in [7, 11) is 0. The zero-order chi connectivity index (χ0) is 12.1. The van der Waals surface area contributed by atoms with Crippen molar-refractivity contribution < 1.29 is 9.59 Å². The standard InChI is InChI=1S/C11H13BrN2O2/c1-7(12)11(16)14-10-5-3-9(4-6-10)13-8(2)15/h3-7H,1-2H3,(H,13,15)(H,14,16)/t7-/m0/s1. The van der Waals surface area contributed by atoms with Gasteiger partial charge in [-0.2, -0.15) is 0 Å². The fourth-order valence-electron chi connectivity index (χ4n) is 1.08. The summed E-state index contributed by atoms with van der Waals surface area (Å²) in [6.07, 6.45) is 0. The van der Waals surface area contributed by atoms with Crippen molar-refractivity contribution in [1.82, 2.24) is 0 Å². The zero-order valence-corrected chi connectivity index (χ0v) is 10.7. The number of hydrogen-bond donors (Lipinski definition) is 2. The van der Waals surface area contributed by atoms with E-state index in [0.717, 1.165) is 0 Å². The van der Waals surface area contributed by atoms with Crippen LogP contribution in [0.25, 0.3) is 0 Å². The minimum Gasteiger partial charge on any atom is -0.326 e. The van der Waals surface area contributed by atoms with Gasteiger partial charge in [0.1, 0.15) is 0 Å². The lowest BCUT2D eigenvalue weighted by Gasteiger charge is -2.07. The van der Waals surface area contributed by atoms with Gasteiger partial charge in [-0.05, 0) is 31.2 Å². The summed E-state index contributed by atoms with van der Waals surface area (Å²) in [5, 5.41) is 5.37. The minimum atomic E-state index is -0.234. The van der Waals surface area contributed by atoms with Crippen LogP contribution in [0.4, 0.5) is 11.4 Å². The van der Waals surface area contributed by atoms with E-state index in [-0.39, 0.29) is 16.6 Å². The average Bonchev–Trinajstić information content (AvgIpc) is 2.20. The largest absolute Gasteiger partial charge is 0.326 e. The third-order valence-electron chi connectivity index (χ3n) is 1.83. The number of nitrogens with one attached hydrogen (secondary N) is 2. The van der Waals surface area contributed by atoms with Crippen molar-refractivity contribution in [3.63, 3.8) is 0 Å². The molecular weight excluding hydrogens is 272 g/mol. The fraction of sp³-hybridized carbons (Fsp3) is 0.273. The summed E-state index contributed by atoms with van der Waals surface area (Å²) in [5.74, 6) is -0.224. The Hall–Kier alpha value is -1.36. The molecule has 0 saturated carbocycles. The SMILES string of the molecule is CC(=O)Nc1ccc(NC(=O)[C@H](C)Br)cc1. The van der Waals surface area contributed by atoms with E-state index in [9.17, 15) is 9.59 Å². The molecule has 0 aromatic heterocycles. The van der Waals surface area contributed by atoms with E-state index in [0.29, 0.717) is 11.4 Å². The second-order valence-electron chi connectivity index (χ2n) is 3.36. The van der Waals surface area contributed by atoms with E-state index in [2.05, 4.69) is 26.6 Å². The highest BCUT2D eigenvalue weighted by Gasteiger charge is 2.08. The molecule has 1 aromatic rings. The Kier molecular flexibility index (Phi) is 4.49. The van der Waals surface area contributed by atoms with Gasteiger partial charge >= 0.3 is 0 Å². The van der Waals surface area contributed by atoms with E-state index < -0.39 is 0 Å². The summed E-state index contributed by atoms with van der Waals surface area (Å²) < 4.78 is 0. The molecule has 0 spiro atoms. The lowest BCUT2D eigenvalue weighted by Crippen LogP contribution is -2.19. The Morgan fingerprint density at radius 1 is 1.12 bits per heavy atom. The lowest BCUT2D eigenvalue weighted by atomic mass is 10.2. The monoisotopic (exact) mass is 284 g/mol. The number of anilines is 2. The predicted molar refractivity (Wildman–Crippen MR) is 67.8 cm³/mol. The first-order chi connectivity index (χ1) is 7.49. The number of rotatable bonds is 3. The van der Waals surface area contributed by atoms with Crippen LogP contribution < -0.4 is 10.6 Å². The van der Waals surface area contributed by atoms with Gasteiger partial charge in [0.15, 0.2) is 0 Å². The van der Waals surface area contributed by atoms with Crippen LogP contribution in [-0.4, -0.2) is 16.6 Å². The molecule has 0 bridgehead atoms. The zero-order valence-electron chi connectivity index (χ0n) is 9.08. The van der Waals surface area contributed by atoms with Gasteiger partial charge in [0.25, 0.3) is 0 Å². The van der Waals surface area contributed by atoms with Crippen molar-refractivity contribution in [1.29, 1.82) is 0 Å². The number of halogens is 1. The maximum Gasteiger partial charge on any atom is 0.237 e. The van der Waals surface area contributed by atoms with Crippen LogP contribution in [0.3, 0.4) is 0 Å². The van der Waals surface area contributed by atoms with Crippen LogP contribution in [0.2, 0.25) is 0 Å². The molecular formula is C11H13BrN2O2. The minimum absolute atomic E-state index is 0.104. The summed E-state index contributed by atoms with van der Waals surface area (Å²) in [4.78, 5) is 21.9. The number of alkyl halides is 1. The Bertz CT molecular complexity index is 387. The maximum atomic E-state index is 11.3. The van der Waals surface area contributed by atoms with Crippen molar-refractivity contribution in [2.45, 2.75) is 18.7 Å². The number of hydrogen-bond acceptors (Lipinski definition) is 2. The molecule has 1 aromatic carbocycles. The van der Waals surface area contributed by atoms with Gasteiger partial charge in [0.05, 0.1) is 4.83 Å².